The summed E-state index contributed by atoms with van der Waals surface area (Å²) in [6.07, 6.45) is 4.86. The van der Waals surface area contributed by atoms with Gasteiger partial charge in [0.1, 0.15) is 0 Å². The number of nitrogen functional groups attached to an aromatic ring is 1. The number of nitrogens with zero attached hydrogens (tertiary/aromatic N) is 3. The standard InChI is InChI=1S/C14H18N4/c1-17-10-16-7-12(17)8-18-6-5-11-3-2-4-14(15)13(11)9-18/h2-4,7,10H,5-6,8-9,15H2,1H3. The van der Waals surface area contributed by atoms with E-state index in [0.717, 1.165) is 31.7 Å². The predicted molar refractivity (Wildman–Crippen MR) is 71.9 cm³/mol. The summed E-state index contributed by atoms with van der Waals surface area (Å²) in [7, 11) is 2.04. The minimum absolute atomic E-state index is 0.919. The maximum Gasteiger partial charge on any atom is 0.0945 e. The van der Waals surface area contributed by atoms with Crippen molar-refractivity contribution in [2.24, 2.45) is 7.05 Å². The SMILES string of the molecule is Cn1cncc1CN1CCc2cccc(N)c2C1. The number of benzene rings is 1. The Bertz CT molecular complexity index is 559. The fraction of sp³-hybridized carbons (Fsp3) is 0.357. The zero-order valence-corrected chi connectivity index (χ0v) is 10.6. The van der Waals surface area contributed by atoms with Crippen LogP contribution in [0.5, 0.6) is 0 Å². The van der Waals surface area contributed by atoms with E-state index in [4.69, 9.17) is 5.73 Å². The number of hydrogen-bond acceptors (Lipinski definition) is 3. The quantitative estimate of drug-likeness (QED) is 0.813. The van der Waals surface area contributed by atoms with Crippen LogP contribution >= 0.6 is 0 Å². The highest BCUT2D eigenvalue weighted by atomic mass is 15.2. The first-order valence-electron chi connectivity index (χ1n) is 6.28. The maximum absolute atomic E-state index is 6.06. The van der Waals surface area contributed by atoms with Crippen LogP contribution in [0, 0.1) is 0 Å². The number of imidazole rings is 1. The highest BCUT2D eigenvalue weighted by Crippen LogP contribution is 2.25. The molecule has 0 aliphatic carbocycles. The molecule has 18 heavy (non-hydrogen) atoms. The summed E-state index contributed by atoms with van der Waals surface area (Å²) in [5.74, 6) is 0. The van der Waals surface area contributed by atoms with Gasteiger partial charge in [-0.3, -0.25) is 4.90 Å². The number of rotatable bonds is 2. The van der Waals surface area contributed by atoms with E-state index in [-0.39, 0.29) is 0 Å². The summed E-state index contributed by atoms with van der Waals surface area (Å²) in [6.45, 7) is 2.96. The van der Waals surface area contributed by atoms with Gasteiger partial charge < -0.3 is 10.3 Å². The van der Waals surface area contributed by atoms with Crippen molar-refractivity contribution in [1.29, 1.82) is 0 Å². The van der Waals surface area contributed by atoms with E-state index in [1.54, 1.807) is 0 Å². The molecule has 94 valence electrons. The summed E-state index contributed by atoms with van der Waals surface area (Å²) in [4.78, 5) is 6.59. The van der Waals surface area contributed by atoms with Crippen LogP contribution in [0.25, 0.3) is 0 Å². The van der Waals surface area contributed by atoms with Crippen LogP contribution in [0.3, 0.4) is 0 Å². The maximum atomic E-state index is 6.06. The molecular formula is C14H18N4. The Kier molecular flexibility index (Phi) is 2.80. The molecule has 0 amide bonds. The molecule has 2 N–H and O–H groups in total. The average molecular weight is 242 g/mol. The average Bonchev–Trinajstić information content (AvgIpc) is 2.76. The van der Waals surface area contributed by atoms with Crippen molar-refractivity contribution in [1.82, 2.24) is 14.5 Å². The lowest BCUT2D eigenvalue weighted by Crippen LogP contribution is -2.31. The van der Waals surface area contributed by atoms with Crippen LogP contribution in [0.4, 0.5) is 5.69 Å². The summed E-state index contributed by atoms with van der Waals surface area (Å²) >= 11 is 0. The zero-order valence-electron chi connectivity index (χ0n) is 10.6. The molecule has 0 saturated heterocycles. The van der Waals surface area contributed by atoms with E-state index in [2.05, 4.69) is 20.5 Å². The van der Waals surface area contributed by atoms with Crippen LogP contribution in [-0.2, 0) is 26.6 Å². The molecule has 0 fully saturated rings. The van der Waals surface area contributed by atoms with Gasteiger partial charge in [-0.1, -0.05) is 12.1 Å². The van der Waals surface area contributed by atoms with Gasteiger partial charge in [-0.2, -0.15) is 0 Å². The highest BCUT2D eigenvalue weighted by molar-refractivity contribution is 5.51. The van der Waals surface area contributed by atoms with Crippen molar-refractivity contribution in [2.45, 2.75) is 19.5 Å². The molecule has 0 saturated carbocycles. The zero-order chi connectivity index (χ0) is 12.5. The number of hydrogen-bond donors (Lipinski definition) is 1. The molecule has 1 aromatic heterocycles. The minimum Gasteiger partial charge on any atom is -0.398 e. The largest absolute Gasteiger partial charge is 0.398 e. The molecule has 0 bridgehead atoms. The van der Waals surface area contributed by atoms with Crippen LogP contribution in [-0.4, -0.2) is 21.0 Å². The second-order valence-electron chi connectivity index (χ2n) is 4.94. The van der Waals surface area contributed by atoms with E-state index in [0.29, 0.717) is 0 Å². The number of aromatic nitrogens is 2. The van der Waals surface area contributed by atoms with Gasteiger partial charge in [0.2, 0.25) is 0 Å². The number of anilines is 1. The monoisotopic (exact) mass is 242 g/mol. The fourth-order valence-electron chi connectivity index (χ4n) is 2.56. The highest BCUT2D eigenvalue weighted by Gasteiger charge is 2.18. The second-order valence-corrected chi connectivity index (χ2v) is 4.94. The molecule has 2 aromatic rings. The van der Waals surface area contributed by atoms with Gasteiger partial charge in [0.05, 0.1) is 12.0 Å². The molecule has 3 rings (SSSR count). The Morgan fingerprint density at radius 1 is 1.39 bits per heavy atom. The second kappa shape index (κ2) is 4.46. The van der Waals surface area contributed by atoms with E-state index in [1.165, 1.54) is 16.8 Å². The topological polar surface area (TPSA) is 47.1 Å². The fourth-order valence-corrected chi connectivity index (χ4v) is 2.56. The molecule has 4 heteroatoms. The Morgan fingerprint density at radius 3 is 3.06 bits per heavy atom. The number of nitrogens with two attached hydrogens (primary N) is 1. The predicted octanol–water partition coefficient (Wildman–Crippen LogP) is 1.56. The van der Waals surface area contributed by atoms with Crippen LogP contribution in [0.2, 0.25) is 0 Å². The summed E-state index contributed by atoms with van der Waals surface area (Å²) in [6, 6.07) is 6.23. The van der Waals surface area contributed by atoms with Crippen molar-refractivity contribution in [3.63, 3.8) is 0 Å². The summed E-state index contributed by atoms with van der Waals surface area (Å²) in [5.41, 5.74) is 10.9. The lowest BCUT2D eigenvalue weighted by molar-refractivity contribution is 0.241. The van der Waals surface area contributed by atoms with E-state index < -0.39 is 0 Å². The molecule has 0 atom stereocenters. The number of fused-ring (bicyclic) bond motifs is 1. The smallest absolute Gasteiger partial charge is 0.0945 e. The van der Waals surface area contributed by atoms with E-state index in [9.17, 15) is 0 Å². The van der Waals surface area contributed by atoms with Crippen molar-refractivity contribution in [3.05, 3.63) is 47.5 Å². The lowest BCUT2D eigenvalue weighted by Gasteiger charge is -2.29. The molecule has 0 spiro atoms. The first kappa shape index (κ1) is 11.3. The summed E-state index contributed by atoms with van der Waals surface area (Å²) < 4.78 is 2.07. The molecule has 1 aliphatic heterocycles. The van der Waals surface area contributed by atoms with Crippen LogP contribution < -0.4 is 5.73 Å². The summed E-state index contributed by atoms with van der Waals surface area (Å²) in [5, 5.41) is 0. The molecular weight excluding hydrogens is 224 g/mol. The van der Waals surface area contributed by atoms with Gasteiger partial charge in [0, 0.05) is 38.6 Å². The Morgan fingerprint density at radius 2 is 2.28 bits per heavy atom. The number of aryl methyl sites for hydroxylation is 1. The van der Waals surface area contributed by atoms with Crippen LogP contribution in [0.15, 0.2) is 30.7 Å². The first-order valence-corrected chi connectivity index (χ1v) is 6.28. The minimum atomic E-state index is 0.919. The first-order chi connectivity index (χ1) is 8.74. The third kappa shape index (κ3) is 1.99. The molecule has 0 unspecified atom stereocenters. The lowest BCUT2D eigenvalue weighted by atomic mass is 9.98. The van der Waals surface area contributed by atoms with Crippen molar-refractivity contribution >= 4 is 5.69 Å². The van der Waals surface area contributed by atoms with Gasteiger partial charge in [-0.05, 0) is 23.6 Å². The Balaban J connectivity index is 1.79. The third-order valence-electron chi connectivity index (χ3n) is 3.69. The third-order valence-corrected chi connectivity index (χ3v) is 3.69. The normalized spacial score (nSPS) is 15.6. The van der Waals surface area contributed by atoms with Crippen LogP contribution in [0.1, 0.15) is 16.8 Å². The van der Waals surface area contributed by atoms with Gasteiger partial charge in [-0.25, -0.2) is 4.98 Å². The Hall–Kier alpha value is -1.81. The molecule has 4 nitrogen and oxygen atoms in total. The van der Waals surface area contributed by atoms with Gasteiger partial charge >= 0.3 is 0 Å². The van der Waals surface area contributed by atoms with Crippen molar-refractivity contribution in [2.75, 3.05) is 12.3 Å². The Labute approximate surface area is 107 Å². The van der Waals surface area contributed by atoms with Gasteiger partial charge in [-0.15, -0.1) is 0 Å². The molecule has 2 heterocycles. The van der Waals surface area contributed by atoms with E-state index >= 15 is 0 Å². The van der Waals surface area contributed by atoms with E-state index in [1.807, 2.05) is 31.7 Å². The van der Waals surface area contributed by atoms with Gasteiger partial charge in [0.15, 0.2) is 0 Å². The molecule has 1 aliphatic rings. The van der Waals surface area contributed by atoms with Crippen molar-refractivity contribution in [3.8, 4) is 0 Å². The van der Waals surface area contributed by atoms with Gasteiger partial charge in [0.25, 0.3) is 0 Å². The molecule has 1 aromatic carbocycles. The molecule has 0 radical (unpaired) electrons. The van der Waals surface area contributed by atoms with Crippen molar-refractivity contribution < 1.29 is 0 Å².